The molecule has 0 saturated carbocycles. The van der Waals surface area contributed by atoms with E-state index in [0.29, 0.717) is 28.3 Å². The molecule has 0 saturated heterocycles. The van der Waals surface area contributed by atoms with Crippen molar-refractivity contribution in [3.05, 3.63) is 76.0 Å². The lowest BCUT2D eigenvalue weighted by atomic mass is 9.94. The molecule has 0 bridgehead atoms. The van der Waals surface area contributed by atoms with Crippen LogP contribution in [-0.2, 0) is 9.53 Å². The summed E-state index contributed by atoms with van der Waals surface area (Å²) in [5.41, 5.74) is 3.64. The number of nitrogens with one attached hydrogen (secondary N) is 2. The Balaban J connectivity index is 1.93. The normalized spacial score (nSPS) is 15.8. The van der Waals surface area contributed by atoms with Gasteiger partial charge in [-0.2, -0.15) is 5.10 Å². The standard InChI is InChI=1S/C23H21BrN4O4/c1-13-19(22(29)32-3)21(26-23(30)25-13)16-12-28(15-7-5-4-6-8-15)27-20(16)14-9-10-18(31-2)17(24)11-14/h4-12,21H,1-3H3,(H2,25,26,30)/t21-/m1/s1. The Hall–Kier alpha value is -3.59. The second kappa shape index (κ2) is 8.88. The molecule has 3 aromatic rings. The molecule has 2 aromatic carbocycles. The van der Waals surface area contributed by atoms with Gasteiger partial charge in [-0.25, -0.2) is 14.3 Å². The summed E-state index contributed by atoms with van der Waals surface area (Å²) in [5.74, 6) is 0.147. The number of methoxy groups -OCH3 is 2. The summed E-state index contributed by atoms with van der Waals surface area (Å²) < 4.78 is 12.8. The molecule has 32 heavy (non-hydrogen) atoms. The fourth-order valence-corrected chi connectivity index (χ4v) is 4.20. The second-order valence-electron chi connectivity index (χ2n) is 7.12. The lowest BCUT2D eigenvalue weighted by Crippen LogP contribution is -2.45. The Morgan fingerprint density at radius 2 is 1.91 bits per heavy atom. The van der Waals surface area contributed by atoms with Gasteiger partial charge >= 0.3 is 12.0 Å². The maximum atomic E-state index is 12.6. The van der Waals surface area contributed by atoms with Crippen molar-refractivity contribution < 1.29 is 19.1 Å². The van der Waals surface area contributed by atoms with Gasteiger partial charge in [-0.3, -0.25) is 0 Å². The molecule has 8 nitrogen and oxygen atoms in total. The van der Waals surface area contributed by atoms with Gasteiger partial charge in [0.2, 0.25) is 0 Å². The zero-order valence-corrected chi connectivity index (χ0v) is 19.3. The molecule has 9 heteroatoms. The Bertz CT molecular complexity index is 1220. The zero-order valence-electron chi connectivity index (χ0n) is 17.7. The summed E-state index contributed by atoms with van der Waals surface area (Å²) in [6, 6.07) is 14.0. The first-order valence-electron chi connectivity index (χ1n) is 9.78. The summed E-state index contributed by atoms with van der Waals surface area (Å²) >= 11 is 3.52. The van der Waals surface area contributed by atoms with Crippen molar-refractivity contribution in [1.82, 2.24) is 20.4 Å². The Morgan fingerprint density at radius 1 is 1.16 bits per heavy atom. The number of rotatable bonds is 5. The van der Waals surface area contributed by atoms with Gasteiger partial charge in [-0.05, 0) is 53.2 Å². The highest BCUT2D eigenvalue weighted by Crippen LogP contribution is 2.37. The van der Waals surface area contributed by atoms with Crippen LogP contribution < -0.4 is 15.4 Å². The molecule has 0 unspecified atom stereocenters. The van der Waals surface area contributed by atoms with E-state index in [9.17, 15) is 9.59 Å². The number of urea groups is 1. The Labute approximate surface area is 193 Å². The summed E-state index contributed by atoms with van der Waals surface area (Å²) in [4.78, 5) is 24.9. The number of aromatic nitrogens is 2. The molecule has 2 heterocycles. The first-order chi connectivity index (χ1) is 15.4. The average molecular weight is 497 g/mol. The lowest BCUT2D eigenvalue weighted by molar-refractivity contribution is -0.136. The third-order valence-corrected chi connectivity index (χ3v) is 5.79. The van der Waals surface area contributed by atoms with Gasteiger partial charge in [-0.1, -0.05) is 18.2 Å². The number of carbonyl (C=O) groups is 2. The van der Waals surface area contributed by atoms with E-state index in [2.05, 4.69) is 26.6 Å². The van der Waals surface area contributed by atoms with E-state index in [1.54, 1.807) is 18.7 Å². The van der Waals surface area contributed by atoms with E-state index in [0.717, 1.165) is 15.7 Å². The maximum absolute atomic E-state index is 12.6. The zero-order chi connectivity index (χ0) is 22.8. The minimum atomic E-state index is -0.746. The van der Waals surface area contributed by atoms with Crippen LogP contribution in [0.25, 0.3) is 16.9 Å². The first-order valence-corrected chi connectivity index (χ1v) is 10.6. The van der Waals surface area contributed by atoms with Crippen LogP contribution in [0.15, 0.2) is 70.5 Å². The van der Waals surface area contributed by atoms with E-state index in [-0.39, 0.29) is 0 Å². The van der Waals surface area contributed by atoms with Crippen LogP contribution in [0, 0.1) is 0 Å². The fraction of sp³-hybridized carbons (Fsp3) is 0.174. The van der Waals surface area contributed by atoms with Gasteiger partial charge in [0, 0.05) is 23.0 Å². The smallest absolute Gasteiger partial charge is 0.337 e. The molecule has 0 radical (unpaired) electrons. The van der Waals surface area contributed by atoms with E-state index >= 15 is 0 Å². The molecule has 0 fully saturated rings. The van der Waals surface area contributed by atoms with Crippen LogP contribution in [0.2, 0.25) is 0 Å². The highest BCUT2D eigenvalue weighted by atomic mass is 79.9. The number of carbonyl (C=O) groups excluding carboxylic acids is 2. The molecular weight excluding hydrogens is 476 g/mol. The largest absolute Gasteiger partial charge is 0.496 e. The fourth-order valence-electron chi connectivity index (χ4n) is 3.66. The van der Waals surface area contributed by atoms with E-state index < -0.39 is 18.0 Å². The van der Waals surface area contributed by atoms with Crippen molar-refractivity contribution >= 4 is 27.9 Å². The van der Waals surface area contributed by atoms with Gasteiger partial charge in [0.15, 0.2) is 0 Å². The number of para-hydroxylation sites is 1. The van der Waals surface area contributed by atoms with Gasteiger partial charge in [-0.15, -0.1) is 0 Å². The number of benzene rings is 2. The van der Waals surface area contributed by atoms with Crippen molar-refractivity contribution in [2.24, 2.45) is 0 Å². The molecule has 1 atom stereocenters. The molecule has 2 N–H and O–H groups in total. The van der Waals surface area contributed by atoms with E-state index in [4.69, 9.17) is 14.6 Å². The van der Waals surface area contributed by atoms with Gasteiger partial charge in [0.05, 0.1) is 41.7 Å². The monoisotopic (exact) mass is 496 g/mol. The number of esters is 1. The summed E-state index contributed by atoms with van der Waals surface area (Å²) in [6.07, 6.45) is 1.81. The van der Waals surface area contributed by atoms with Crippen LogP contribution in [0.1, 0.15) is 18.5 Å². The number of ether oxygens (including phenoxy) is 2. The summed E-state index contributed by atoms with van der Waals surface area (Å²) in [5, 5.41) is 10.3. The number of hydrogen-bond acceptors (Lipinski definition) is 5. The molecule has 0 aliphatic carbocycles. The minimum Gasteiger partial charge on any atom is -0.496 e. The number of halogens is 1. The molecule has 2 amide bonds. The van der Waals surface area contributed by atoms with Gasteiger partial charge < -0.3 is 20.1 Å². The number of amides is 2. The van der Waals surface area contributed by atoms with E-state index in [1.165, 1.54) is 7.11 Å². The van der Waals surface area contributed by atoms with Crippen molar-refractivity contribution in [3.63, 3.8) is 0 Å². The van der Waals surface area contributed by atoms with Crippen molar-refractivity contribution in [1.29, 1.82) is 0 Å². The van der Waals surface area contributed by atoms with Crippen molar-refractivity contribution in [2.45, 2.75) is 13.0 Å². The lowest BCUT2D eigenvalue weighted by Gasteiger charge is -2.27. The number of allylic oxidation sites excluding steroid dienone is 1. The topological polar surface area (TPSA) is 94.5 Å². The molecule has 1 aromatic heterocycles. The molecule has 0 spiro atoms. The third-order valence-electron chi connectivity index (χ3n) is 5.17. The molecule has 1 aliphatic heterocycles. The Morgan fingerprint density at radius 3 is 2.56 bits per heavy atom. The second-order valence-corrected chi connectivity index (χ2v) is 7.98. The first kappa shape index (κ1) is 21.6. The highest BCUT2D eigenvalue weighted by Gasteiger charge is 2.35. The summed E-state index contributed by atoms with van der Waals surface area (Å²) in [7, 11) is 2.90. The van der Waals surface area contributed by atoms with E-state index in [1.807, 2.05) is 54.7 Å². The van der Waals surface area contributed by atoms with Crippen LogP contribution in [0.3, 0.4) is 0 Å². The van der Waals surface area contributed by atoms with Crippen molar-refractivity contribution in [3.8, 4) is 22.7 Å². The summed E-state index contributed by atoms with van der Waals surface area (Å²) in [6.45, 7) is 1.67. The minimum absolute atomic E-state index is 0.313. The van der Waals surface area contributed by atoms with Crippen molar-refractivity contribution in [2.75, 3.05) is 14.2 Å². The molecular formula is C23H21BrN4O4. The molecule has 164 valence electrons. The SMILES string of the molecule is COC(=O)C1=C(C)NC(=O)N[C@@H]1c1cn(-c2ccccc2)nc1-c1ccc(OC)c(Br)c1. The van der Waals surface area contributed by atoms with Crippen LogP contribution in [0.5, 0.6) is 5.75 Å². The average Bonchev–Trinajstić information content (AvgIpc) is 3.24. The number of hydrogen-bond donors (Lipinski definition) is 2. The van der Waals surface area contributed by atoms with Crippen LogP contribution in [-0.4, -0.2) is 36.0 Å². The predicted octanol–water partition coefficient (Wildman–Crippen LogP) is 4.11. The molecule has 4 rings (SSSR count). The number of nitrogens with zero attached hydrogens (tertiary/aromatic N) is 2. The van der Waals surface area contributed by atoms with Gasteiger partial charge in [0.1, 0.15) is 5.75 Å². The van der Waals surface area contributed by atoms with Crippen LogP contribution in [0.4, 0.5) is 4.79 Å². The van der Waals surface area contributed by atoms with Crippen LogP contribution >= 0.6 is 15.9 Å². The van der Waals surface area contributed by atoms with Gasteiger partial charge in [0.25, 0.3) is 0 Å². The third kappa shape index (κ3) is 3.99. The highest BCUT2D eigenvalue weighted by molar-refractivity contribution is 9.10. The predicted molar refractivity (Wildman–Crippen MR) is 122 cm³/mol. The maximum Gasteiger partial charge on any atom is 0.337 e. The molecule has 1 aliphatic rings. The Kier molecular flexibility index (Phi) is 6.00. The quantitative estimate of drug-likeness (QED) is 0.518.